The molecule has 0 saturated carbocycles. The van der Waals surface area contributed by atoms with Gasteiger partial charge in [0, 0.05) is 22.6 Å². The largest absolute Gasteiger partial charge is 0.494 e. The molecule has 3 heteroatoms. The second-order valence-corrected chi connectivity index (χ2v) is 4.98. The fraction of sp³-hybridized carbons (Fsp3) is 0.500. The number of aromatic nitrogens is 1. The van der Waals surface area contributed by atoms with Gasteiger partial charge in [0.15, 0.2) is 0 Å². The molecule has 2 N–H and O–H groups in total. The lowest BCUT2D eigenvalue weighted by molar-refractivity contribution is 0.340. The molecule has 0 spiro atoms. The molecule has 2 aromatic rings. The van der Waals surface area contributed by atoms with Gasteiger partial charge in [-0.2, -0.15) is 0 Å². The minimum atomic E-state index is 0.352. The van der Waals surface area contributed by atoms with Gasteiger partial charge in [-0.15, -0.1) is 0 Å². The lowest BCUT2D eigenvalue weighted by Gasteiger charge is -2.14. The number of hydrogen-bond donors (Lipinski definition) is 2. The highest BCUT2D eigenvalue weighted by molar-refractivity contribution is 5.86. The van der Waals surface area contributed by atoms with Crippen molar-refractivity contribution in [1.82, 2.24) is 10.3 Å². The van der Waals surface area contributed by atoms with Crippen molar-refractivity contribution in [3.8, 4) is 5.75 Å². The Bertz CT molecular complexity index is 545. The summed E-state index contributed by atoms with van der Waals surface area (Å²) in [4.78, 5) is 3.46. The number of aryl methyl sites for hydroxylation is 1. The normalized spacial score (nSPS) is 12.8. The quantitative estimate of drug-likeness (QED) is 0.825. The van der Waals surface area contributed by atoms with Gasteiger partial charge in [-0.05, 0) is 57.5 Å². The Balaban J connectivity index is 2.40. The van der Waals surface area contributed by atoms with Gasteiger partial charge in [0.25, 0.3) is 0 Å². The van der Waals surface area contributed by atoms with Crippen LogP contribution in [0.5, 0.6) is 5.75 Å². The molecule has 0 aliphatic rings. The van der Waals surface area contributed by atoms with Crippen molar-refractivity contribution in [3.05, 3.63) is 29.5 Å². The first-order chi connectivity index (χ1) is 9.17. The van der Waals surface area contributed by atoms with Crippen molar-refractivity contribution in [2.45, 2.75) is 40.2 Å². The molecular weight excluding hydrogens is 236 g/mol. The SMILES string of the molecule is CCCNC(C)c1c(C)[nH]c2ccc(OCC)cc12. The van der Waals surface area contributed by atoms with Crippen LogP contribution in [0.25, 0.3) is 10.9 Å². The average molecular weight is 260 g/mol. The van der Waals surface area contributed by atoms with Crippen molar-refractivity contribution in [3.63, 3.8) is 0 Å². The number of H-pyrrole nitrogens is 1. The molecule has 104 valence electrons. The summed E-state index contributed by atoms with van der Waals surface area (Å²) in [5.74, 6) is 0.943. The first kappa shape index (κ1) is 13.9. The highest BCUT2D eigenvalue weighted by atomic mass is 16.5. The Morgan fingerprint density at radius 1 is 1.32 bits per heavy atom. The lowest BCUT2D eigenvalue weighted by Crippen LogP contribution is -2.19. The number of benzene rings is 1. The molecule has 0 saturated heterocycles. The summed E-state index contributed by atoms with van der Waals surface area (Å²) in [6.07, 6.45) is 1.15. The van der Waals surface area contributed by atoms with Crippen molar-refractivity contribution in [1.29, 1.82) is 0 Å². The highest BCUT2D eigenvalue weighted by Crippen LogP contribution is 2.30. The molecule has 1 unspecified atom stereocenters. The van der Waals surface area contributed by atoms with Gasteiger partial charge in [0.2, 0.25) is 0 Å². The number of nitrogens with one attached hydrogen (secondary N) is 2. The predicted molar refractivity (Wildman–Crippen MR) is 80.9 cm³/mol. The number of hydrogen-bond acceptors (Lipinski definition) is 2. The summed E-state index contributed by atoms with van der Waals surface area (Å²) >= 11 is 0. The minimum absolute atomic E-state index is 0.352. The molecule has 0 aliphatic carbocycles. The third-order valence-corrected chi connectivity index (χ3v) is 3.45. The summed E-state index contributed by atoms with van der Waals surface area (Å²) in [5, 5.41) is 4.82. The molecule has 3 nitrogen and oxygen atoms in total. The zero-order chi connectivity index (χ0) is 13.8. The van der Waals surface area contributed by atoms with Crippen LogP contribution >= 0.6 is 0 Å². The summed E-state index contributed by atoms with van der Waals surface area (Å²) < 4.78 is 5.60. The van der Waals surface area contributed by atoms with E-state index in [-0.39, 0.29) is 0 Å². The van der Waals surface area contributed by atoms with Gasteiger partial charge in [-0.1, -0.05) is 6.92 Å². The standard InChI is InChI=1S/C16H24N2O/c1-5-9-17-11(3)16-12(4)18-15-8-7-13(19-6-2)10-14(15)16/h7-8,10-11,17-18H,5-6,9H2,1-4H3. The first-order valence-corrected chi connectivity index (χ1v) is 7.15. The van der Waals surface area contributed by atoms with Gasteiger partial charge in [0.05, 0.1) is 6.61 Å². The topological polar surface area (TPSA) is 37.0 Å². The molecule has 19 heavy (non-hydrogen) atoms. The number of aromatic amines is 1. The van der Waals surface area contributed by atoms with E-state index in [1.165, 1.54) is 22.2 Å². The Morgan fingerprint density at radius 2 is 2.11 bits per heavy atom. The van der Waals surface area contributed by atoms with Crippen LogP contribution in [0, 0.1) is 6.92 Å². The van der Waals surface area contributed by atoms with E-state index in [0.717, 1.165) is 18.7 Å². The van der Waals surface area contributed by atoms with Crippen LogP contribution in [-0.4, -0.2) is 18.1 Å². The van der Waals surface area contributed by atoms with Crippen molar-refractivity contribution >= 4 is 10.9 Å². The molecule has 1 aromatic carbocycles. The predicted octanol–water partition coefficient (Wildman–Crippen LogP) is 3.94. The minimum Gasteiger partial charge on any atom is -0.494 e. The molecule has 0 radical (unpaired) electrons. The third-order valence-electron chi connectivity index (χ3n) is 3.45. The van der Waals surface area contributed by atoms with E-state index in [2.05, 4.69) is 43.2 Å². The zero-order valence-corrected chi connectivity index (χ0v) is 12.3. The maximum Gasteiger partial charge on any atom is 0.120 e. The van der Waals surface area contributed by atoms with Crippen LogP contribution in [-0.2, 0) is 0 Å². The van der Waals surface area contributed by atoms with Gasteiger partial charge in [0.1, 0.15) is 5.75 Å². The lowest BCUT2D eigenvalue weighted by atomic mass is 10.0. The van der Waals surface area contributed by atoms with E-state index < -0.39 is 0 Å². The van der Waals surface area contributed by atoms with Gasteiger partial charge in [-0.3, -0.25) is 0 Å². The van der Waals surface area contributed by atoms with Crippen molar-refractivity contribution in [2.75, 3.05) is 13.2 Å². The van der Waals surface area contributed by atoms with E-state index in [1.54, 1.807) is 0 Å². The second kappa shape index (κ2) is 6.11. The molecule has 1 aromatic heterocycles. The summed E-state index contributed by atoms with van der Waals surface area (Å²) in [7, 11) is 0. The van der Waals surface area contributed by atoms with Crippen LogP contribution in [0.1, 0.15) is 44.5 Å². The third kappa shape index (κ3) is 2.92. The maximum absolute atomic E-state index is 5.60. The number of rotatable bonds is 6. The molecule has 0 amide bonds. The van der Waals surface area contributed by atoms with E-state index >= 15 is 0 Å². The Kier molecular flexibility index (Phi) is 4.48. The Hall–Kier alpha value is -1.48. The fourth-order valence-corrected chi connectivity index (χ4v) is 2.60. The van der Waals surface area contributed by atoms with Crippen LogP contribution in [0.15, 0.2) is 18.2 Å². The van der Waals surface area contributed by atoms with Gasteiger partial charge >= 0.3 is 0 Å². The molecule has 1 atom stereocenters. The fourth-order valence-electron chi connectivity index (χ4n) is 2.60. The summed E-state index contributed by atoms with van der Waals surface area (Å²) in [5.41, 5.74) is 3.77. The number of ether oxygens (including phenoxy) is 1. The summed E-state index contributed by atoms with van der Waals surface area (Å²) in [6.45, 7) is 10.3. The molecule has 0 bridgehead atoms. The van der Waals surface area contributed by atoms with E-state index in [9.17, 15) is 0 Å². The van der Waals surface area contributed by atoms with Crippen LogP contribution < -0.4 is 10.1 Å². The summed E-state index contributed by atoms with van der Waals surface area (Å²) in [6, 6.07) is 6.62. The van der Waals surface area contributed by atoms with E-state index in [4.69, 9.17) is 4.74 Å². The molecule has 2 rings (SSSR count). The van der Waals surface area contributed by atoms with Crippen molar-refractivity contribution in [2.24, 2.45) is 0 Å². The first-order valence-electron chi connectivity index (χ1n) is 7.15. The van der Waals surface area contributed by atoms with Gasteiger partial charge < -0.3 is 15.0 Å². The maximum atomic E-state index is 5.60. The van der Waals surface area contributed by atoms with E-state index in [1.807, 2.05) is 13.0 Å². The molecule has 0 aliphatic heterocycles. The van der Waals surface area contributed by atoms with Gasteiger partial charge in [-0.25, -0.2) is 0 Å². The monoisotopic (exact) mass is 260 g/mol. The zero-order valence-electron chi connectivity index (χ0n) is 12.3. The van der Waals surface area contributed by atoms with Crippen LogP contribution in [0.2, 0.25) is 0 Å². The molecular formula is C16H24N2O. The second-order valence-electron chi connectivity index (χ2n) is 4.98. The average Bonchev–Trinajstić information content (AvgIpc) is 2.72. The van der Waals surface area contributed by atoms with Crippen LogP contribution in [0.4, 0.5) is 0 Å². The highest BCUT2D eigenvalue weighted by Gasteiger charge is 2.15. The Labute approximate surface area is 115 Å². The Morgan fingerprint density at radius 3 is 2.79 bits per heavy atom. The molecule has 1 heterocycles. The van der Waals surface area contributed by atoms with Crippen LogP contribution in [0.3, 0.4) is 0 Å². The van der Waals surface area contributed by atoms with E-state index in [0.29, 0.717) is 12.6 Å². The smallest absolute Gasteiger partial charge is 0.120 e. The number of fused-ring (bicyclic) bond motifs is 1. The molecule has 0 fully saturated rings. The van der Waals surface area contributed by atoms with Crippen molar-refractivity contribution < 1.29 is 4.74 Å².